The fourth-order valence-electron chi connectivity index (χ4n) is 1.79. The molecule has 0 atom stereocenters. The van der Waals surface area contributed by atoms with Crippen molar-refractivity contribution in [1.29, 1.82) is 0 Å². The van der Waals surface area contributed by atoms with E-state index in [1.54, 1.807) is 11.8 Å². The Bertz CT molecular complexity index is 517. The highest BCUT2D eigenvalue weighted by Crippen LogP contribution is 2.34. The van der Waals surface area contributed by atoms with Gasteiger partial charge in [-0.3, -0.25) is 0 Å². The Morgan fingerprint density at radius 1 is 1.07 bits per heavy atom. The van der Waals surface area contributed by atoms with Gasteiger partial charge in [0.2, 0.25) is 0 Å². The summed E-state index contributed by atoms with van der Waals surface area (Å²) in [5, 5.41) is 2.54. The number of thioether (sulfide) groups is 1. The van der Waals surface area contributed by atoms with E-state index in [9.17, 15) is 0 Å². The molecule has 0 fully saturated rings. The minimum Gasteiger partial charge on any atom is -0.249 e. The van der Waals surface area contributed by atoms with E-state index in [4.69, 9.17) is 0 Å². The standard InChI is InChI=1S/C12H9NS/c1-2-4-11-9(3-1)5-6-10-7-14-8-13-12(10)11/h1-6,8H,7H2. The fraction of sp³-hybridized carbons (Fsp3) is 0.0833. The molecule has 0 saturated carbocycles. The first kappa shape index (κ1) is 8.06. The SMILES string of the molecule is C1=Nc2c(ccc3ccccc23)CS1. The van der Waals surface area contributed by atoms with Gasteiger partial charge >= 0.3 is 0 Å². The van der Waals surface area contributed by atoms with Gasteiger partial charge in [0.15, 0.2) is 0 Å². The average Bonchev–Trinajstić information content (AvgIpc) is 2.29. The second kappa shape index (κ2) is 3.14. The fourth-order valence-corrected chi connectivity index (χ4v) is 2.45. The summed E-state index contributed by atoms with van der Waals surface area (Å²) in [6.45, 7) is 0. The number of hydrogen-bond acceptors (Lipinski definition) is 2. The summed E-state index contributed by atoms with van der Waals surface area (Å²) in [5.41, 5.74) is 4.44. The number of fused-ring (bicyclic) bond motifs is 3. The van der Waals surface area contributed by atoms with Crippen LogP contribution in [0.2, 0.25) is 0 Å². The molecule has 1 nitrogen and oxygen atoms in total. The second-order valence-electron chi connectivity index (χ2n) is 3.34. The number of hydrogen-bond donors (Lipinski definition) is 0. The first-order valence-corrected chi connectivity index (χ1v) is 5.65. The maximum absolute atomic E-state index is 4.46. The quantitative estimate of drug-likeness (QED) is 0.629. The molecule has 14 heavy (non-hydrogen) atoms. The Labute approximate surface area is 86.9 Å². The highest BCUT2D eigenvalue weighted by Gasteiger charge is 2.08. The third-order valence-electron chi connectivity index (χ3n) is 2.48. The zero-order valence-electron chi connectivity index (χ0n) is 7.60. The van der Waals surface area contributed by atoms with Crippen molar-refractivity contribution in [3.8, 4) is 0 Å². The summed E-state index contributed by atoms with van der Waals surface area (Å²) < 4.78 is 0. The van der Waals surface area contributed by atoms with E-state index in [0.29, 0.717) is 0 Å². The summed E-state index contributed by atoms with van der Waals surface area (Å²) >= 11 is 1.75. The molecule has 1 heterocycles. The predicted molar refractivity (Wildman–Crippen MR) is 63.4 cm³/mol. The lowest BCUT2D eigenvalue weighted by Gasteiger charge is -2.11. The van der Waals surface area contributed by atoms with Crippen LogP contribution in [0.15, 0.2) is 41.4 Å². The summed E-state index contributed by atoms with van der Waals surface area (Å²) in [6.07, 6.45) is 0. The van der Waals surface area contributed by atoms with Crippen molar-refractivity contribution < 1.29 is 0 Å². The lowest BCUT2D eigenvalue weighted by atomic mass is 10.1. The molecule has 0 aromatic heterocycles. The van der Waals surface area contributed by atoms with Crippen LogP contribution in [0.3, 0.4) is 0 Å². The van der Waals surface area contributed by atoms with Crippen molar-refractivity contribution in [2.45, 2.75) is 5.75 Å². The van der Waals surface area contributed by atoms with E-state index in [1.165, 1.54) is 16.3 Å². The molecule has 0 amide bonds. The van der Waals surface area contributed by atoms with Crippen LogP contribution in [-0.4, -0.2) is 5.55 Å². The monoisotopic (exact) mass is 199 g/mol. The van der Waals surface area contributed by atoms with Crippen LogP contribution in [0.4, 0.5) is 5.69 Å². The van der Waals surface area contributed by atoms with Gasteiger partial charge < -0.3 is 0 Å². The molecule has 68 valence electrons. The molecule has 2 aromatic rings. The summed E-state index contributed by atoms with van der Waals surface area (Å²) in [6, 6.07) is 12.8. The van der Waals surface area contributed by atoms with Gasteiger partial charge in [-0.2, -0.15) is 0 Å². The Hall–Kier alpha value is -1.28. The van der Waals surface area contributed by atoms with Gasteiger partial charge in [0, 0.05) is 11.1 Å². The molecule has 3 rings (SSSR count). The highest BCUT2D eigenvalue weighted by atomic mass is 32.2. The minimum absolute atomic E-state index is 1.05. The van der Waals surface area contributed by atoms with E-state index in [2.05, 4.69) is 41.4 Å². The topological polar surface area (TPSA) is 12.4 Å². The third kappa shape index (κ3) is 1.15. The summed E-state index contributed by atoms with van der Waals surface area (Å²) in [7, 11) is 0. The van der Waals surface area contributed by atoms with Crippen molar-refractivity contribution >= 4 is 33.8 Å². The van der Waals surface area contributed by atoms with Gasteiger partial charge in [0.05, 0.1) is 11.2 Å². The zero-order valence-corrected chi connectivity index (χ0v) is 8.42. The average molecular weight is 199 g/mol. The maximum Gasteiger partial charge on any atom is 0.0754 e. The van der Waals surface area contributed by atoms with Crippen LogP contribution >= 0.6 is 11.8 Å². The molecule has 1 aliphatic rings. The molecule has 0 N–H and O–H groups in total. The second-order valence-corrected chi connectivity index (χ2v) is 4.17. The Kier molecular flexibility index (Phi) is 1.81. The first-order valence-electron chi connectivity index (χ1n) is 4.60. The third-order valence-corrected chi connectivity index (χ3v) is 3.21. The number of rotatable bonds is 0. The minimum atomic E-state index is 1.05. The van der Waals surface area contributed by atoms with Gasteiger partial charge in [0.1, 0.15) is 0 Å². The van der Waals surface area contributed by atoms with E-state index in [-0.39, 0.29) is 0 Å². The lowest BCUT2D eigenvalue weighted by molar-refractivity contribution is 1.39. The molecular formula is C12H9NS. The lowest BCUT2D eigenvalue weighted by Crippen LogP contribution is -1.88. The largest absolute Gasteiger partial charge is 0.249 e. The van der Waals surface area contributed by atoms with Crippen molar-refractivity contribution in [3.63, 3.8) is 0 Å². The normalized spacial score (nSPS) is 14.3. The molecule has 0 bridgehead atoms. The molecule has 0 spiro atoms. The molecular weight excluding hydrogens is 190 g/mol. The molecule has 0 radical (unpaired) electrons. The first-order chi connectivity index (χ1) is 6.95. The van der Waals surface area contributed by atoms with Crippen molar-refractivity contribution in [3.05, 3.63) is 42.0 Å². The van der Waals surface area contributed by atoms with E-state index >= 15 is 0 Å². The summed E-state index contributed by atoms with van der Waals surface area (Å²) in [4.78, 5) is 4.46. The van der Waals surface area contributed by atoms with Crippen LogP contribution in [0, 0.1) is 0 Å². The van der Waals surface area contributed by atoms with Crippen LogP contribution in [-0.2, 0) is 5.75 Å². The highest BCUT2D eigenvalue weighted by molar-refractivity contribution is 8.11. The Morgan fingerprint density at radius 2 is 2.00 bits per heavy atom. The predicted octanol–water partition coefficient (Wildman–Crippen LogP) is 3.75. The van der Waals surface area contributed by atoms with Gasteiger partial charge in [-0.1, -0.05) is 36.4 Å². The van der Waals surface area contributed by atoms with Crippen LogP contribution in [0.1, 0.15) is 5.56 Å². The van der Waals surface area contributed by atoms with Crippen molar-refractivity contribution in [2.75, 3.05) is 0 Å². The Balaban J connectivity index is 2.42. The maximum atomic E-state index is 4.46. The molecule has 2 aromatic carbocycles. The van der Waals surface area contributed by atoms with Crippen molar-refractivity contribution in [1.82, 2.24) is 0 Å². The molecule has 2 heteroatoms. The van der Waals surface area contributed by atoms with E-state index in [1.807, 2.05) is 5.55 Å². The molecule has 1 aliphatic heterocycles. The zero-order chi connectivity index (χ0) is 9.38. The van der Waals surface area contributed by atoms with Crippen molar-refractivity contribution in [2.24, 2.45) is 4.99 Å². The smallest absolute Gasteiger partial charge is 0.0754 e. The number of aliphatic imine (C=N–C) groups is 1. The van der Waals surface area contributed by atoms with Gasteiger partial charge in [-0.05, 0) is 10.9 Å². The van der Waals surface area contributed by atoms with Crippen LogP contribution in [0.5, 0.6) is 0 Å². The van der Waals surface area contributed by atoms with E-state index in [0.717, 1.165) is 11.4 Å². The number of nitrogens with zero attached hydrogens (tertiary/aromatic N) is 1. The number of benzene rings is 2. The van der Waals surface area contributed by atoms with Gasteiger partial charge in [0.25, 0.3) is 0 Å². The van der Waals surface area contributed by atoms with Crippen LogP contribution < -0.4 is 0 Å². The van der Waals surface area contributed by atoms with E-state index < -0.39 is 0 Å². The Morgan fingerprint density at radius 3 is 3.00 bits per heavy atom. The summed E-state index contributed by atoms with van der Waals surface area (Å²) in [5.74, 6) is 1.05. The van der Waals surface area contributed by atoms with Gasteiger partial charge in [-0.15, -0.1) is 11.8 Å². The molecule has 0 saturated heterocycles. The molecule has 0 aliphatic carbocycles. The van der Waals surface area contributed by atoms with Gasteiger partial charge in [-0.25, -0.2) is 4.99 Å². The van der Waals surface area contributed by atoms with Crippen LogP contribution in [0.25, 0.3) is 10.8 Å². The molecule has 0 unspecified atom stereocenters.